The van der Waals surface area contributed by atoms with E-state index in [1.54, 1.807) is 0 Å². The molecule has 0 unspecified atom stereocenters. The molecule has 0 saturated heterocycles. The van der Waals surface area contributed by atoms with Crippen LogP contribution in [0.5, 0.6) is 0 Å². The van der Waals surface area contributed by atoms with Crippen molar-refractivity contribution in [3.8, 4) is 0 Å². The van der Waals surface area contributed by atoms with Gasteiger partial charge in [-0.1, -0.05) is 91.0 Å². The standard InChI is InChI=1S/C22H19F/c1-17(22(23)20-15-9-4-10-16-20)21(18-11-5-2-6-12-18)19-13-7-3-8-14-19/h2-16,21H,1H3/b22-17+. The molecule has 0 N–H and O–H groups in total. The molecule has 0 atom stereocenters. The Morgan fingerprint density at radius 1 is 0.652 bits per heavy atom. The third-order valence-corrected chi connectivity index (χ3v) is 4.07. The van der Waals surface area contributed by atoms with Crippen molar-refractivity contribution in [3.05, 3.63) is 113 Å². The van der Waals surface area contributed by atoms with E-state index in [-0.39, 0.29) is 11.7 Å². The molecule has 0 aliphatic rings. The molecule has 0 saturated carbocycles. The number of allylic oxidation sites excluding steroid dienone is 1. The molecule has 114 valence electrons. The minimum Gasteiger partial charge on any atom is -0.206 e. The van der Waals surface area contributed by atoms with Crippen molar-refractivity contribution >= 4 is 5.83 Å². The maximum Gasteiger partial charge on any atom is 0.130 e. The van der Waals surface area contributed by atoms with Gasteiger partial charge in [-0.05, 0) is 23.6 Å². The van der Waals surface area contributed by atoms with Crippen molar-refractivity contribution in [2.24, 2.45) is 0 Å². The number of benzene rings is 3. The van der Waals surface area contributed by atoms with Crippen LogP contribution in [0, 0.1) is 0 Å². The number of rotatable bonds is 4. The van der Waals surface area contributed by atoms with Crippen LogP contribution in [0.15, 0.2) is 96.6 Å². The van der Waals surface area contributed by atoms with Gasteiger partial charge in [-0.2, -0.15) is 0 Å². The summed E-state index contributed by atoms with van der Waals surface area (Å²) in [6.45, 7) is 1.88. The molecule has 3 aromatic rings. The van der Waals surface area contributed by atoms with E-state index in [1.165, 1.54) is 0 Å². The molecule has 0 radical (unpaired) electrons. The maximum atomic E-state index is 15.0. The molecule has 1 heteroatoms. The van der Waals surface area contributed by atoms with Gasteiger partial charge in [0.25, 0.3) is 0 Å². The van der Waals surface area contributed by atoms with E-state index in [1.807, 2.05) is 73.7 Å². The second-order valence-corrected chi connectivity index (χ2v) is 5.62. The van der Waals surface area contributed by atoms with Gasteiger partial charge in [-0.25, -0.2) is 4.39 Å². The fourth-order valence-electron chi connectivity index (χ4n) is 2.92. The molecule has 0 heterocycles. The lowest BCUT2D eigenvalue weighted by Crippen LogP contribution is -2.04. The Hall–Kier alpha value is -2.67. The Balaban J connectivity index is 2.12. The van der Waals surface area contributed by atoms with Gasteiger partial charge in [0.05, 0.1) is 0 Å². The van der Waals surface area contributed by atoms with E-state index in [2.05, 4.69) is 24.3 Å². The Morgan fingerprint density at radius 3 is 1.48 bits per heavy atom. The topological polar surface area (TPSA) is 0 Å². The van der Waals surface area contributed by atoms with Crippen molar-refractivity contribution in [1.82, 2.24) is 0 Å². The van der Waals surface area contributed by atoms with Gasteiger partial charge < -0.3 is 0 Å². The molecular formula is C22H19F. The predicted octanol–water partition coefficient (Wildman–Crippen LogP) is 6.22. The summed E-state index contributed by atoms with van der Waals surface area (Å²) in [6, 6.07) is 29.4. The van der Waals surface area contributed by atoms with Crippen LogP contribution in [0.3, 0.4) is 0 Å². The third-order valence-electron chi connectivity index (χ3n) is 4.07. The zero-order valence-corrected chi connectivity index (χ0v) is 13.1. The van der Waals surface area contributed by atoms with E-state index in [0.717, 1.165) is 16.7 Å². The Kier molecular flexibility index (Phi) is 4.68. The molecule has 3 aromatic carbocycles. The molecule has 0 aliphatic heterocycles. The molecule has 3 rings (SSSR count). The molecule has 23 heavy (non-hydrogen) atoms. The monoisotopic (exact) mass is 302 g/mol. The summed E-state index contributed by atoms with van der Waals surface area (Å²) in [6.07, 6.45) is 0. The average molecular weight is 302 g/mol. The Morgan fingerprint density at radius 2 is 1.04 bits per heavy atom. The van der Waals surface area contributed by atoms with Crippen LogP contribution >= 0.6 is 0 Å². The van der Waals surface area contributed by atoms with Crippen molar-refractivity contribution < 1.29 is 4.39 Å². The fourth-order valence-corrected chi connectivity index (χ4v) is 2.92. The van der Waals surface area contributed by atoms with Crippen molar-refractivity contribution in [2.45, 2.75) is 12.8 Å². The summed E-state index contributed by atoms with van der Waals surface area (Å²) < 4.78 is 15.0. The minimum absolute atomic E-state index is 0.0855. The summed E-state index contributed by atoms with van der Waals surface area (Å²) in [5, 5.41) is 0. The lowest BCUT2D eigenvalue weighted by molar-refractivity contribution is 0.735. The molecule has 0 spiro atoms. The summed E-state index contributed by atoms with van der Waals surface area (Å²) in [5.41, 5.74) is 3.56. The minimum atomic E-state index is -0.150. The molecular weight excluding hydrogens is 283 g/mol. The van der Waals surface area contributed by atoms with E-state index in [0.29, 0.717) is 5.56 Å². The van der Waals surface area contributed by atoms with E-state index in [4.69, 9.17) is 0 Å². The molecule has 0 nitrogen and oxygen atoms in total. The van der Waals surface area contributed by atoms with Crippen LogP contribution in [0.1, 0.15) is 29.5 Å². The first-order valence-electron chi connectivity index (χ1n) is 7.79. The maximum absolute atomic E-state index is 15.0. The first-order chi connectivity index (χ1) is 11.3. The molecule has 0 fully saturated rings. The smallest absolute Gasteiger partial charge is 0.130 e. The first-order valence-corrected chi connectivity index (χ1v) is 7.79. The van der Waals surface area contributed by atoms with Crippen molar-refractivity contribution in [1.29, 1.82) is 0 Å². The predicted molar refractivity (Wildman–Crippen MR) is 94.9 cm³/mol. The highest BCUT2D eigenvalue weighted by molar-refractivity contribution is 5.65. The quantitative estimate of drug-likeness (QED) is 0.536. The number of halogens is 1. The normalized spacial score (nSPS) is 12.1. The molecule has 0 bridgehead atoms. The van der Waals surface area contributed by atoms with Crippen LogP contribution in [0.4, 0.5) is 4.39 Å². The Bertz CT molecular complexity index is 734. The summed E-state index contributed by atoms with van der Waals surface area (Å²) in [7, 11) is 0. The van der Waals surface area contributed by atoms with E-state index >= 15 is 4.39 Å². The number of hydrogen-bond acceptors (Lipinski definition) is 0. The first kappa shape index (κ1) is 15.2. The molecule has 0 aliphatic carbocycles. The zero-order chi connectivity index (χ0) is 16.1. The average Bonchev–Trinajstić information content (AvgIpc) is 2.64. The highest BCUT2D eigenvalue weighted by atomic mass is 19.1. The van der Waals surface area contributed by atoms with Gasteiger partial charge in [-0.3, -0.25) is 0 Å². The number of hydrogen-bond donors (Lipinski definition) is 0. The van der Waals surface area contributed by atoms with Crippen LogP contribution in [-0.2, 0) is 0 Å². The molecule has 0 aromatic heterocycles. The van der Waals surface area contributed by atoms with Gasteiger partial charge >= 0.3 is 0 Å². The van der Waals surface area contributed by atoms with Gasteiger partial charge in [0.1, 0.15) is 5.83 Å². The zero-order valence-electron chi connectivity index (χ0n) is 13.1. The lowest BCUT2D eigenvalue weighted by Gasteiger charge is -2.20. The van der Waals surface area contributed by atoms with Crippen LogP contribution in [0.2, 0.25) is 0 Å². The second-order valence-electron chi connectivity index (χ2n) is 5.62. The largest absolute Gasteiger partial charge is 0.206 e. The lowest BCUT2D eigenvalue weighted by atomic mass is 9.84. The summed E-state index contributed by atoms with van der Waals surface area (Å²) >= 11 is 0. The van der Waals surface area contributed by atoms with Gasteiger partial charge in [0.2, 0.25) is 0 Å². The van der Waals surface area contributed by atoms with Crippen LogP contribution in [0.25, 0.3) is 5.83 Å². The Labute approximate surface area is 136 Å². The van der Waals surface area contributed by atoms with Gasteiger partial charge in [0, 0.05) is 11.5 Å². The third kappa shape index (κ3) is 3.40. The van der Waals surface area contributed by atoms with Crippen LogP contribution < -0.4 is 0 Å². The van der Waals surface area contributed by atoms with Gasteiger partial charge in [-0.15, -0.1) is 0 Å². The highest BCUT2D eigenvalue weighted by Crippen LogP contribution is 2.36. The van der Waals surface area contributed by atoms with Crippen molar-refractivity contribution in [2.75, 3.05) is 0 Å². The van der Waals surface area contributed by atoms with Gasteiger partial charge in [0.15, 0.2) is 0 Å². The summed E-state index contributed by atoms with van der Waals surface area (Å²) in [4.78, 5) is 0. The van der Waals surface area contributed by atoms with Crippen LogP contribution in [-0.4, -0.2) is 0 Å². The summed E-state index contributed by atoms with van der Waals surface area (Å²) in [5.74, 6) is -0.235. The van der Waals surface area contributed by atoms with E-state index in [9.17, 15) is 0 Å². The highest BCUT2D eigenvalue weighted by Gasteiger charge is 2.19. The van der Waals surface area contributed by atoms with E-state index < -0.39 is 0 Å². The second kappa shape index (κ2) is 7.06. The molecule has 0 amide bonds. The SMILES string of the molecule is C/C(=C(\F)c1ccccc1)C(c1ccccc1)c1ccccc1. The fraction of sp³-hybridized carbons (Fsp3) is 0.0909. The van der Waals surface area contributed by atoms with Crippen molar-refractivity contribution in [3.63, 3.8) is 0 Å².